The first-order valence-electron chi connectivity index (χ1n) is 11.4. The Kier molecular flexibility index (Phi) is 7.29. The van der Waals surface area contributed by atoms with Crippen molar-refractivity contribution in [3.8, 4) is 0 Å². The van der Waals surface area contributed by atoms with Crippen LogP contribution < -0.4 is 17.3 Å². The zero-order valence-corrected chi connectivity index (χ0v) is 21.2. The zero-order valence-electron chi connectivity index (χ0n) is 20.5. The van der Waals surface area contributed by atoms with Crippen molar-refractivity contribution < 1.29 is 51.5 Å². The van der Waals surface area contributed by atoms with E-state index in [4.69, 9.17) is 0 Å². The van der Waals surface area contributed by atoms with E-state index in [-0.39, 0.29) is 43.2 Å². The molecule has 0 aromatic heterocycles. The van der Waals surface area contributed by atoms with Crippen LogP contribution in [0.1, 0.15) is 30.1 Å². The first-order chi connectivity index (χ1) is 17.0. The molecule has 1 saturated heterocycles. The SMILES string of the molecule is CCC1N(C(=O)O)C2=C[N+]1(C(=O)O)N2C1(C(=O)c2ccc(N(C)C)cc2)C=CC=CN1CCC(=O)O.[Cl-]. The second-order valence-electron chi connectivity index (χ2n) is 8.90. The summed E-state index contributed by atoms with van der Waals surface area (Å²) in [6.07, 6.45) is 3.62. The highest BCUT2D eigenvalue weighted by atomic mass is 35.5. The molecule has 4 heterocycles. The fourth-order valence-electron chi connectivity index (χ4n) is 5.13. The standard InChI is InChI=1S/C24H27N5O7.ClH/c1-4-19-27(22(33)34)18-15-29(19,23(35)36)28(18)24(12-5-6-13-26(24)14-11-20(30)31)21(32)16-7-9-17(10-8-16)25(2)3;/h5-10,12-13,15,19H,4,11,14H2,1-3H3,(H2-,30,31,33,34,35,36);1H. The molecule has 0 spiro atoms. The van der Waals surface area contributed by atoms with E-state index in [0.29, 0.717) is 0 Å². The lowest BCUT2D eigenvalue weighted by Crippen LogP contribution is -3.00. The molecule has 0 radical (unpaired) electrons. The summed E-state index contributed by atoms with van der Waals surface area (Å²) < 4.78 is -0.929. The van der Waals surface area contributed by atoms with Gasteiger partial charge in [0.25, 0.3) is 0 Å². The molecule has 37 heavy (non-hydrogen) atoms. The average molecular weight is 534 g/mol. The number of carboxylic acids is 1. The maximum atomic E-state index is 14.3. The van der Waals surface area contributed by atoms with E-state index >= 15 is 0 Å². The smallest absolute Gasteiger partial charge is 0.546 e. The highest BCUT2D eigenvalue weighted by Gasteiger charge is 2.77. The third-order valence-corrected chi connectivity index (χ3v) is 6.75. The number of fused-ring (bicyclic) bond motifs is 1. The second kappa shape index (κ2) is 9.79. The molecule has 4 aliphatic heterocycles. The van der Waals surface area contributed by atoms with Gasteiger partial charge in [0.05, 0.1) is 6.42 Å². The van der Waals surface area contributed by atoms with Gasteiger partial charge in [0.15, 0.2) is 6.20 Å². The maximum absolute atomic E-state index is 14.3. The highest BCUT2D eigenvalue weighted by Crippen LogP contribution is 2.54. The minimum atomic E-state index is -1.83. The fourth-order valence-corrected chi connectivity index (χ4v) is 5.13. The topological polar surface area (TPSA) is 142 Å². The number of Topliss-reactive ketones (excluding diaryl/α,β-unsaturated/α-hetero) is 1. The minimum absolute atomic E-state index is 0. The Morgan fingerprint density at radius 2 is 1.70 bits per heavy atom. The Balaban J connectivity index is 0.00000380. The molecule has 4 aliphatic rings. The lowest BCUT2D eigenvalue weighted by molar-refractivity contribution is -0.959. The summed E-state index contributed by atoms with van der Waals surface area (Å²) in [7, 11) is 3.70. The number of quaternary nitrogens is 1. The van der Waals surface area contributed by atoms with E-state index in [2.05, 4.69) is 0 Å². The van der Waals surface area contributed by atoms with Crippen LogP contribution in [0.4, 0.5) is 15.3 Å². The summed E-state index contributed by atoms with van der Waals surface area (Å²) in [5, 5.41) is 30.9. The van der Waals surface area contributed by atoms with Crippen LogP contribution in [-0.4, -0.2) is 91.1 Å². The number of halogens is 1. The van der Waals surface area contributed by atoms with Crippen LogP contribution in [0.15, 0.2) is 60.7 Å². The van der Waals surface area contributed by atoms with Gasteiger partial charge in [-0.3, -0.25) is 9.59 Å². The van der Waals surface area contributed by atoms with Crippen LogP contribution in [0.2, 0.25) is 0 Å². The van der Waals surface area contributed by atoms with E-state index < -0.39 is 40.4 Å². The number of rotatable bonds is 8. The first kappa shape index (κ1) is 27.6. The Morgan fingerprint density at radius 3 is 2.22 bits per heavy atom. The summed E-state index contributed by atoms with van der Waals surface area (Å²) in [5.74, 6) is -1.56. The number of allylic oxidation sites excluding steroid dienone is 2. The number of ketones is 1. The molecule has 0 aliphatic carbocycles. The number of aliphatic carboxylic acids is 1. The van der Waals surface area contributed by atoms with Crippen molar-refractivity contribution in [2.75, 3.05) is 25.5 Å². The first-order valence-corrected chi connectivity index (χ1v) is 11.4. The van der Waals surface area contributed by atoms with Crippen molar-refractivity contribution in [1.29, 1.82) is 0 Å². The van der Waals surface area contributed by atoms with Gasteiger partial charge in [-0.15, -0.1) is 5.01 Å². The van der Waals surface area contributed by atoms with Gasteiger partial charge in [0, 0.05) is 44.5 Å². The molecule has 5 rings (SSSR count). The Labute approximate surface area is 219 Å². The Bertz CT molecular complexity index is 1210. The highest BCUT2D eigenvalue weighted by molar-refractivity contribution is 6.05. The number of hydrogen-bond donors (Lipinski definition) is 3. The van der Waals surface area contributed by atoms with E-state index in [1.807, 2.05) is 19.0 Å². The van der Waals surface area contributed by atoms with Gasteiger partial charge in [0.2, 0.25) is 23.4 Å². The molecule has 2 bridgehead atoms. The van der Waals surface area contributed by atoms with Gasteiger partial charge in [-0.05, 0) is 36.4 Å². The van der Waals surface area contributed by atoms with Crippen molar-refractivity contribution >= 4 is 29.6 Å². The molecular weight excluding hydrogens is 506 g/mol. The quantitative estimate of drug-likeness (QED) is 0.302. The molecule has 3 unspecified atom stereocenters. The van der Waals surface area contributed by atoms with Gasteiger partial charge in [-0.1, -0.05) is 17.6 Å². The van der Waals surface area contributed by atoms with Crippen LogP contribution in [0.5, 0.6) is 0 Å². The summed E-state index contributed by atoms with van der Waals surface area (Å²) in [5.41, 5.74) is -0.730. The molecule has 198 valence electrons. The van der Waals surface area contributed by atoms with Crippen molar-refractivity contribution in [1.82, 2.24) is 14.8 Å². The zero-order chi connectivity index (χ0) is 26.4. The van der Waals surface area contributed by atoms with Gasteiger partial charge < -0.3 is 37.5 Å². The molecule has 1 aromatic carbocycles. The van der Waals surface area contributed by atoms with Crippen LogP contribution in [-0.2, 0) is 4.79 Å². The number of anilines is 1. The molecule has 3 atom stereocenters. The number of carbonyl (C=O) groups excluding carboxylic acids is 1. The number of carbonyl (C=O) groups is 4. The third kappa shape index (κ3) is 3.89. The fraction of sp³-hybridized carbons (Fsp3) is 0.333. The molecule has 12 nitrogen and oxygen atoms in total. The number of amides is 2. The second-order valence-corrected chi connectivity index (χ2v) is 8.90. The molecular formula is C24H28ClN5O7. The number of nitrogens with zero attached hydrogens (tertiary/aromatic N) is 5. The molecule has 2 amide bonds. The molecule has 13 heteroatoms. The molecule has 3 N–H and O–H groups in total. The number of hydrogen-bond acceptors (Lipinski definition) is 7. The predicted octanol–water partition coefficient (Wildman–Crippen LogP) is -0.250. The van der Waals surface area contributed by atoms with Crippen LogP contribution in [0.25, 0.3) is 0 Å². The summed E-state index contributed by atoms with van der Waals surface area (Å²) in [6, 6.07) is 6.72. The van der Waals surface area contributed by atoms with Crippen molar-refractivity contribution in [3.05, 3.63) is 66.3 Å². The van der Waals surface area contributed by atoms with Gasteiger partial charge in [0.1, 0.15) is 0 Å². The van der Waals surface area contributed by atoms with Gasteiger partial charge in [-0.2, -0.15) is 9.69 Å². The van der Waals surface area contributed by atoms with E-state index in [9.17, 15) is 34.5 Å². The predicted molar refractivity (Wildman–Crippen MR) is 127 cm³/mol. The Hall–Kier alpha value is -4.03. The number of benzene rings is 1. The third-order valence-electron chi connectivity index (χ3n) is 6.75. The van der Waals surface area contributed by atoms with Crippen LogP contribution in [0.3, 0.4) is 0 Å². The lowest BCUT2D eigenvalue weighted by atomic mass is 9.91. The summed E-state index contributed by atoms with van der Waals surface area (Å²) >= 11 is 0. The number of carboxylic acid groups (broad SMARTS) is 3. The maximum Gasteiger partial charge on any atom is 0.546 e. The lowest BCUT2D eigenvalue weighted by Gasteiger charge is -2.53. The average Bonchev–Trinajstić information content (AvgIpc) is 3.33. The summed E-state index contributed by atoms with van der Waals surface area (Å²) in [6.45, 7) is 1.55. The van der Waals surface area contributed by atoms with E-state index in [0.717, 1.165) is 10.6 Å². The van der Waals surface area contributed by atoms with E-state index in [1.54, 1.807) is 43.3 Å². The molecule has 1 aromatic rings. The van der Waals surface area contributed by atoms with Crippen molar-refractivity contribution in [2.24, 2.45) is 0 Å². The van der Waals surface area contributed by atoms with Gasteiger partial charge in [-0.25, -0.2) is 4.79 Å². The monoisotopic (exact) mass is 533 g/mol. The van der Waals surface area contributed by atoms with Crippen LogP contribution >= 0.6 is 0 Å². The molecule has 0 saturated carbocycles. The largest absolute Gasteiger partial charge is 1.00 e. The van der Waals surface area contributed by atoms with Crippen molar-refractivity contribution in [3.63, 3.8) is 0 Å². The van der Waals surface area contributed by atoms with Gasteiger partial charge >= 0.3 is 18.2 Å². The summed E-state index contributed by atoms with van der Waals surface area (Å²) in [4.78, 5) is 55.0. The van der Waals surface area contributed by atoms with Crippen LogP contribution in [0, 0.1) is 0 Å². The Morgan fingerprint density at radius 1 is 1.05 bits per heavy atom. The van der Waals surface area contributed by atoms with E-state index in [1.165, 1.54) is 28.4 Å². The van der Waals surface area contributed by atoms with Crippen molar-refractivity contribution in [2.45, 2.75) is 31.6 Å². The normalized spacial score (nSPS) is 25.2. The molecule has 1 fully saturated rings. The minimum Gasteiger partial charge on any atom is -1.00 e.